The average Bonchev–Trinajstić information content (AvgIpc) is 2.95. The fourth-order valence-corrected chi connectivity index (χ4v) is 5.56. The topological polar surface area (TPSA) is 40.8 Å². The maximum atomic E-state index is 9.74. The fraction of sp³-hybridized carbons (Fsp3) is 0.526. The van der Waals surface area contributed by atoms with Crippen LogP contribution in [0.4, 0.5) is 0 Å². The number of piperidine rings is 1. The van der Waals surface area contributed by atoms with Gasteiger partial charge in [-0.25, -0.2) is 0 Å². The van der Waals surface area contributed by atoms with E-state index < -0.39 is 0 Å². The maximum Gasteiger partial charge on any atom is 0.153 e. The highest BCUT2D eigenvalue weighted by Crippen LogP contribution is 2.56. The zero-order chi connectivity index (χ0) is 15.6. The predicted octanol–water partition coefficient (Wildman–Crippen LogP) is 4.19. The van der Waals surface area contributed by atoms with Crippen LogP contribution in [-0.2, 0) is 6.42 Å². The minimum atomic E-state index is 0. The van der Waals surface area contributed by atoms with Gasteiger partial charge < -0.3 is 5.21 Å². The molecule has 24 heavy (non-hydrogen) atoms. The minimum Gasteiger partial charge on any atom is -0.409 e. The third-order valence-corrected chi connectivity index (χ3v) is 6.58. The van der Waals surface area contributed by atoms with Crippen LogP contribution in [-0.4, -0.2) is 33.6 Å². The van der Waals surface area contributed by atoms with Crippen LogP contribution in [0.15, 0.2) is 29.4 Å². The van der Waals surface area contributed by atoms with Gasteiger partial charge in [-0.1, -0.05) is 30.3 Å². The summed E-state index contributed by atoms with van der Waals surface area (Å²) in [5, 5.41) is 14.8. The quantitative estimate of drug-likeness (QED) is 0.622. The molecule has 1 saturated heterocycles. The Bertz CT molecular complexity index is 827. The molecular formula is C19H24ClN3O. The van der Waals surface area contributed by atoms with Crippen LogP contribution in [0.1, 0.15) is 49.9 Å². The van der Waals surface area contributed by atoms with Crippen molar-refractivity contribution < 1.29 is 5.21 Å². The van der Waals surface area contributed by atoms with Crippen molar-refractivity contribution in [1.82, 2.24) is 9.47 Å². The molecule has 0 saturated carbocycles. The Morgan fingerprint density at radius 1 is 1.29 bits per heavy atom. The van der Waals surface area contributed by atoms with E-state index in [2.05, 4.69) is 45.8 Å². The van der Waals surface area contributed by atoms with Crippen LogP contribution in [0.2, 0.25) is 0 Å². The number of para-hydroxylation sites is 1. The second-order valence-corrected chi connectivity index (χ2v) is 7.42. The Morgan fingerprint density at radius 2 is 2.12 bits per heavy atom. The summed E-state index contributed by atoms with van der Waals surface area (Å²) in [5.41, 5.74) is 4.35. The summed E-state index contributed by atoms with van der Waals surface area (Å²) in [6.07, 6.45) is 5.64. The highest BCUT2D eigenvalue weighted by molar-refractivity contribution is 5.99. The van der Waals surface area contributed by atoms with Gasteiger partial charge in [-0.15, -0.1) is 12.4 Å². The van der Waals surface area contributed by atoms with Crippen molar-refractivity contribution in [2.75, 3.05) is 13.1 Å². The molecule has 0 radical (unpaired) electrons. The fourth-order valence-electron chi connectivity index (χ4n) is 5.56. The molecule has 128 valence electrons. The van der Waals surface area contributed by atoms with Crippen molar-refractivity contribution in [1.29, 1.82) is 0 Å². The highest BCUT2D eigenvalue weighted by Gasteiger charge is 2.52. The van der Waals surface area contributed by atoms with Gasteiger partial charge in [0.1, 0.15) is 0 Å². The lowest BCUT2D eigenvalue weighted by Gasteiger charge is -2.54. The minimum absolute atomic E-state index is 0. The van der Waals surface area contributed by atoms with Crippen molar-refractivity contribution in [2.45, 2.75) is 45.1 Å². The monoisotopic (exact) mass is 345 g/mol. The van der Waals surface area contributed by atoms with Gasteiger partial charge in [0.15, 0.2) is 5.84 Å². The molecule has 0 unspecified atom stereocenters. The van der Waals surface area contributed by atoms with Crippen LogP contribution >= 0.6 is 12.4 Å². The zero-order valence-electron chi connectivity index (χ0n) is 14.0. The summed E-state index contributed by atoms with van der Waals surface area (Å²) in [6.45, 7) is 4.68. The Kier molecular flexibility index (Phi) is 3.66. The molecule has 5 heteroatoms. The van der Waals surface area contributed by atoms with Gasteiger partial charge in [-0.05, 0) is 49.3 Å². The molecule has 0 amide bonds. The Hall–Kier alpha value is -1.52. The van der Waals surface area contributed by atoms with Crippen LogP contribution < -0.4 is 0 Å². The normalized spacial score (nSPS) is 30.2. The van der Waals surface area contributed by atoms with Crippen molar-refractivity contribution in [3.05, 3.63) is 35.5 Å². The Balaban J connectivity index is 0.00000146. The van der Waals surface area contributed by atoms with Crippen molar-refractivity contribution in [3.63, 3.8) is 0 Å². The molecule has 1 fully saturated rings. The van der Waals surface area contributed by atoms with Gasteiger partial charge in [0.05, 0.1) is 11.6 Å². The van der Waals surface area contributed by atoms with E-state index in [0.29, 0.717) is 6.04 Å². The van der Waals surface area contributed by atoms with Gasteiger partial charge >= 0.3 is 0 Å². The number of nitrogens with zero attached hydrogens (tertiary/aromatic N) is 3. The van der Waals surface area contributed by atoms with E-state index in [0.717, 1.165) is 25.1 Å². The smallest absolute Gasteiger partial charge is 0.153 e. The number of aromatic nitrogens is 1. The average molecular weight is 346 g/mol. The SMILES string of the molecule is CC[C@]12CCCN3CCc4c(n(c5ccccc45)C(=NO)C1)[C@@H]32.Cl. The number of fused-ring (bicyclic) bond motifs is 3. The van der Waals surface area contributed by atoms with Gasteiger partial charge in [-0.2, -0.15) is 0 Å². The third kappa shape index (κ3) is 1.81. The van der Waals surface area contributed by atoms with E-state index in [1.54, 1.807) is 0 Å². The molecule has 0 aliphatic carbocycles. The van der Waals surface area contributed by atoms with Gasteiger partial charge in [-0.3, -0.25) is 9.47 Å². The van der Waals surface area contributed by atoms with Crippen LogP contribution in [0, 0.1) is 5.41 Å². The lowest BCUT2D eigenvalue weighted by Crippen LogP contribution is -2.53. The molecule has 1 N–H and O–H groups in total. The van der Waals surface area contributed by atoms with E-state index in [1.807, 2.05) is 0 Å². The summed E-state index contributed by atoms with van der Waals surface area (Å²) >= 11 is 0. The summed E-state index contributed by atoms with van der Waals surface area (Å²) in [4.78, 5) is 2.69. The van der Waals surface area contributed by atoms with Crippen LogP contribution in [0.3, 0.4) is 0 Å². The molecule has 2 atom stereocenters. The van der Waals surface area contributed by atoms with Crippen LogP contribution in [0.25, 0.3) is 10.9 Å². The predicted molar refractivity (Wildman–Crippen MR) is 98.4 cm³/mol. The lowest BCUT2D eigenvalue weighted by atomic mass is 9.64. The van der Waals surface area contributed by atoms with E-state index in [4.69, 9.17) is 0 Å². The first-order chi connectivity index (χ1) is 11.3. The summed E-state index contributed by atoms with van der Waals surface area (Å²) in [5.74, 6) is 0.837. The molecule has 5 rings (SSSR count). The molecule has 0 spiro atoms. The standard InChI is InChI=1S/C19H23N3O.ClH/c1-2-19-9-5-10-21-11-8-14-13-6-3-4-7-15(13)22(16(12-19)20-23)17(14)18(19)21;/h3-4,6-7,18,23H,2,5,8-12H2,1H3;1H/t18-,19+;/m1./s1. The largest absolute Gasteiger partial charge is 0.409 e. The number of rotatable bonds is 1. The molecule has 4 nitrogen and oxygen atoms in total. The summed E-state index contributed by atoms with van der Waals surface area (Å²) < 4.78 is 2.26. The lowest BCUT2D eigenvalue weighted by molar-refractivity contribution is -0.00416. The van der Waals surface area contributed by atoms with E-state index in [9.17, 15) is 5.21 Å². The first-order valence-corrected chi connectivity index (χ1v) is 8.86. The molecule has 4 heterocycles. The van der Waals surface area contributed by atoms with Gasteiger partial charge in [0.2, 0.25) is 0 Å². The molecule has 0 bridgehead atoms. The highest BCUT2D eigenvalue weighted by atomic mass is 35.5. The number of oxime groups is 1. The summed E-state index contributed by atoms with van der Waals surface area (Å²) in [7, 11) is 0. The molecule has 3 aliphatic rings. The molecule has 1 aromatic carbocycles. The molecule has 1 aromatic heterocycles. The molecule has 2 aromatic rings. The third-order valence-electron chi connectivity index (χ3n) is 6.58. The van der Waals surface area contributed by atoms with Crippen LogP contribution in [0.5, 0.6) is 0 Å². The van der Waals surface area contributed by atoms with E-state index in [-0.39, 0.29) is 17.8 Å². The number of halogens is 1. The zero-order valence-corrected chi connectivity index (χ0v) is 14.9. The molecule has 3 aliphatic heterocycles. The first-order valence-electron chi connectivity index (χ1n) is 8.86. The maximum absolute atomic E-state index is 9.74. The molecular weight excluding hydrogens is 322 g/mol. The Morgan fingerprint density at radius 3 is 2.92 bits per heavy atom. The second-order valence-electron chi connectivity index (χ2n) is 7.42. The van der Waals surface area contributed by atoms with Crippen molar-refractivity contribution in [2.24, 2.45) is 10.6 Å². The number of benzene rings is 1. The Labute approximate surface area is 148 Å². The number of hydrogen-bond acceptors (Lipinski definition) is 3. The first kappa shape index (κ1) is 16.0. The van der Waals surface area contributed by atoms with E-state index in [1.165, 1.54) is 48.1 Å². The van der Waals surface area contributed by atoms with Gasteiger partial charge in [0, 0.05) is 24.0 Å². The number of hydrogen-bond donors (Lipinski definition) is 1. The van der Waals surface area contributed by atoms with Crippen molar-refractivity contribution in [3.8, 4) is 0 Å². The second kappa shape index (κ2) is 5.50. The van der Waals surface area contributed by atoms with Crippen molar-refractivity contribution >= 4 is 29.1 Å². The summed E-state index contributed by atoms with van der Waals surface area (Å²) in [6, 6.07) is 9.11. The van der Waals surface area contributed by atoms with Gasteiger partial charge in [0.25, 0.3) is 0 Å². The van der Waals surface area contributed by atoms with E-state index >= 15 is 0 Å².